The first-order valence-corrected chi connectivity index (χ1v) is 13.0. The normalized spacial score (nSPS) is 18.4. The predicted octanol–water partition coefficient (Wildman–Crippen LogP) is 4.48. The van der Waals surface area contributed by atoms with E-state index in [9.17, 15) is 18.8 Å². The molecule has 202 valence electrons. The average Bonchev–Trinajstić information content (AvgIpc) is 3.76. The van der Waals surface area contributed by atoms with Gasteiger partial charge in [0.25, 0.3) is 5.91 Å². The molecule has 0 spiro atoms. The molecule has 0 unspecified atom stereocenters. The van der Waals surface area contributed by atoms with Gasteiger partial charge in [-0.2, -0.15) is 0 Å². The first kappa shape index (κ1) is 26.4. The van der Waals surface area contributed by atoms with E-state index in [-0.39, 0.29) is 18.9 Å². The van der Waals surface area contributed by atoms with Gasteiger partial charge >= 0.3 is 6.03 Å². The minimum absolute atomic E-state index is 0.00302. The molecule has 1 aliphatic carbocycles. The highest BCUT2D eigenvalue weighted by Crippen LogP contribution is 2.41. The van der Waals surface area contributed by atoms with Crippen LogP contribution < -0.4 is 15.4 Å². The fraction of sp³-hybridized carbons (Fsp3) is 0.300. The van der Waals surface area contributed by atoms with Crippen molar-refractivity contribution in [1.29, 1.82) is 0 Å². The van der Waals surface area contributed by atoms with Crippen LogP contribution in [0, 0.1) is 5.82 Å². The van der Waals surface area contributed by atoms with Crippen LogP contribution >= 0.6 is 0 Å². The molecule has 39 heavy (non-hydrogen) atoms. The number of urea groups is 1. The number of hydrogen-bond donors (Lipinski definition) is 3. The summed E-state index contributed by atoms with van der Waals surface area (Å²) < 4.78 is 20.3. The monoisotopic (exact) mass is 531 g/mol. The largest absolute Gasteiger partial charge is 0.491 e. The van der Waals surface area contributed by atoms with Crippen molar-refractivity contribution in [1.82, 2.24) is 10.2 Å². The lowest BCUT2D eigenvalue weighted by Crippen LogP contribution is -2.50. The molecule has 3 aromatic rings. The summed E-state index contributed by atoms with van der Waals surface area (Å²) in [6.07, 6.45) is 2.04. The number of amides is 4. The second-order valence-electron chi connectivity index (χ2n) is 9.88. The zero-order valence-electron chi connectivity index (χ0n) is 21.5. The average molecular weight is 532 g/mol. The van der Waals surface area contributed by atoms with Gasteiger partial charge < -0.3 is 20.5 Å². The van der Waals surface area contributed by atoms with Gasteiger partial charge in [0, 0.05) is 5.92 Å². The van der Waals surface area contributed by atoms with E-state index in [1.807, 2.05) is 30.3 Å². The molecule has 1 saturated carbocycles. The second-order valence-corrected chi connectivity index (χ2v) is 9.88. The Morgan fingerprint density at radius 1 is 1.08 bits per heavy atom. The van der Waals surface area contributed by atoms with E-state index in [4.69, 9.17) is 9.84 Å². The quantitative estimate of drug-likeness (QED) is 0.335. The highest BCUT2D eigenvalue weighted by Gasteiger charge is 2.47. The van der Waals surface area contributed by atoms with Crippen LogP contribution in [0.3, 0.4) is 0 Å². The third kappa shape index (κ3) is 5.63. The van der Waals surface area contributed by atoms with Crippen LogP contribution in [0.25, 0.3) is 0 Å². The predicted molar refractivity (Wildman–Crippen MR) is 143 cm³/mol. The Labute approximate surface area is 225 Å². The van der Waals surface area contributed by atoms with Gasteiger partial charge in [0.05, 0.1) is 12.3 Å². The molecular weight excluding hydrogens is 501 g/mol. The number of rotatable bonds is 10. The van der Waals surface area contributed by atoms with Crippen molar-refractivity contribution in [2.45, 2.75) is 43.7 Å². The van der Waals surface area contributed by atoms with Crippen LogP contribution in [0.15, 0.2) is 72.8 Å². The lowest BCUT2D eigenvalue weighted by molar-refractivity contribution is -0.134. The van der Waals surface area contributed by atoms with Gasteiger partial charge in [0.15, 0.2) is 0 Å². The summed E-state index contributed by atoms with van der Waals surface area (Å²) in [5.74, 6) is -1.53. The van der Waals surface area contributed by atoms with Gasteiger partial charge in [-0.25, -0.2) is 14.1 Å². The van der Waals surface area contributed by atoms with Gasteiger partial charge in [-0.1, -0.05) is 55.5 Å². The van der Waals surface area contributed by atoms with Crippen molar-refractivity contribution in [3.63, 3.8) is 0 Å². The lowest BCUT2D eigenvalue weighted by atomic mass is 9.91. The van der Waals surface area contributed by atoms with Gasteiger partial charge in [0.2, 0.25) is 5.91 Å². The topological polar surface area (TPSA) is 108 Å². The Morgan fingerprint density at radius 2 is 1.77 bits per heavy atom. The van der Waals surface area contributed by atoms with Crippen LogP contribution in [0.5, 0.6) is 5.75 Å². The number of aliphatic hydroxyl groups excluding tert-OH is 1. The lowest BCUT2D eigenvalue weighted by Gasteiger charge is -2.30. The highest BCUT2D eigenvalue weighted by atomic mass is 19.1. The van der Waals surface area contributed by atoms with Crippen LogP contribution in [-0.4, -0.2) is 47.1 Å². The summed E-state index contributed by atoms with van der Waals surface area (Å²) in [5.41, 5.74) is 2.15. The molecule has 2 fully saturated rings. The van der Waals surface area contributed by atoms with Crippen LogP contribution in [0.1, 0.15) is 54.3 Å². The van der Waals surface area contributed by atoms with Crippen molar-refractivity contribution in [2.24, 2.45) is 0 Å². The molecule has 4 amide bonds. The summed E-state index contributed by atoms with van der Waals surface area (Å²) in [6.45, 7) is 1.75. The van der Waals surface area contributed by atoms with Crippen molar-refractivity contribution >= 4 is 23.5 Å². The molecule has 3 aromatic carbocycles. The zero-order valence-corrected chi connectivity index (χ0v) is 21.5. The minimum atomic E-state index is -1.24. The number of ether oxygens (including phenoxy) is 1. The SMILES string of the molecule is C[C@@H](c1ccccc1)[C@@H](C(=O)Nc1ccc(C2CC2)cc1F)N1C(=O)N[C@H](c2ccc(OCCO)cc2)C1=O. The molecule has 2 aliphatic rings. The maximum Gasteiger partial charge on any atom is 0.325 e. The van der Waals surface area contributed by atoms with Crippen molar-refractivity contribution in [3.05, 3.63) is 95.3 Å². The number of hydrogen-bond acceptors (Lipinski definition) is 5. The standard InChI is InChI=1S/C30H30FN3O5/c1-18(19-5-3-2-4-6-19)27(28(36)32-25-14-11-22(17-24(25)31)20-7-8-20)34-29(37)26(33-30(34)38)21-9-12-23(13-10-21)39-16-15-35/h2-6,9-14,17-18,20,26-27,35H,7-8,15-16H2,1H3,(H,32,36)(H,33,38)/t18-,26+,27-/m0/s1. The number of imide groups is 1. The molecule has 0 aromatic heterocycles. The number of benzene rings is 3. The summed E-state index contributed by atoms with van der Waals surface area (Å²) in [6, 6.07) is 17.5. The van der Waals surface area contributed by atoms with Crippen molar-refractivity contribution in [2.75, 3.05) is 18.5 Å². The van der Waals surface area contributed by atoms with E-state index >= 15 is 0 Å². The summed E-state index contributed by atoms with van der Waals surface area (Å²) in [7, 11) is 0. The molecule has 9 heteroatoms. The number of nitrogens with one attached hydrogen (secondary N) is 2. The highest BCUT2D eigenvalue weighted by molar-refractivity contribution is 6.10. The molecule has 1 heterocycles. The molecule has 5 rings (SSSR count). The third-order valence-electron chi connectivity index (χ3n) is 7.19. The maximum absolute atomic E-state index is 14.9. The summed E-state index contributed by atoms with van der Waals surface area (Å²) >= 11 is 0. The first-order chi connectivity index (χ1) is 18.9. The number of nitrogens with zero attached hydrogens (tertiary/aromatic N) is 1. The van der Waals surface area contributed by atoms with Crippen LogP contribution in [0.2, 0.25) is 0 Å². The number of aliphatic hydroxyl groups is 1. The van der Waals surface area contributed by atoms with Gasteiger partial charge in [-0.3, -0.25) is 9.59 Å². The number of carbonyl (C=O) groups excluding carboxylic acids is 3. The second kappa shape index (κ2) is 11.2. The number of anilines is 1. The van der Waals surface area contributed by atoms with Gasteiger partial charge in [-0.05, 0) is 59.7 Å². The maximum atomic E-state index is 14.9. The fourth-order valence-electron chi connectivity index (χ4n) is 4.92. The van der Waals surface area contributed by atoms with E-state index in [0.717, 1.165) is 28.9 Å². The Kier molecular flexibility index (Phi) is 7.60. The molecule has 8 nitrogen and oxygen atoms in total. The Balaban J connectivity index is 1.42. The van der Waals surface area contributed by atoms with E-state index < -0.39 is 41.7 Å². The molecule has 3 atom stereocenters. The third-order valence-corrected chi connectivity index (χ3v) is 7.19. The molecule has 0 radical (unpaired) electrons. The minimum Gasteiger partial charge on any atom is -0.491 e. The molecule has 3 N–H and O–H groups in total. The molecular formula is C30H30FN3O5. The zero-order chi connectivity index (χ0) is 27.5. The van der Waals surface area contributed by atoms with Crippen molar-refractivity contribution < 1.29 is 28.6 Å². The summed E-state index contributed by atoms with van der Waals surface area (Å²) in [5, 5.41) is 14.2. The van der Waals surface area contributed by atoms with Crippen LogP contribution in [-0.2, 0) is 9.59 Å². The fourth-order valence-corrected chi connectivity index (χ4v) is 4.92. The smallest absolute Gasteiger partial charge is 0.325 e. The Morgan fingerprint density at radius 3 is 2.41 bits per heavy atom. The number of carbonyl (C=O) groups is 3. The Hall–Kier alpha value is -4.24. The van der Waals surface area contributed by atoms with E-state index in [1.54, 1.807) is 37.3 Å². The van der Waals surface area contributed by atoms with E-state index in [1.165, 1.54) is 12.1 Å². The van der Waals surface area contributed by atoms with E-state index in [2.05, 4.69) is 10.6 Å². The molecule has 1 saturated heterocycles. The van der Waals surface area contributed by atoms with Gasteiger partial charge in [-0.15, -0.1) is 0 Å². The summed E-state index contributed by atoms with van der Waals surface area (Å²) in [4.78, 5) is 41.4. The first-order valence-electron chi connectivity index (χ1n) is 13.0. The number of halogens is 1. The van der Waals surface area contributed by atoms with E-state index in [0.29, 0.717) is 17.2 Å². The van der Waals surface area contributed by atoms with Crippen LogP contribution in [0.4, 0.5) is 14.9 Å². The van der Waals surface area contributed by atoms with Gasteiger partial charge in [0.1, 0.15) is 30.3 Å². The molecule has 1 aliphatic heterocycles. The molecule has 0 bridgehead atoms. The van der Waals surface area contributed by atoms with Crippen molar-refractivity contribution in [3.8, 4) is 5.75 Å². The Bertz CT molecular complexity index is 1360.